The summed E-state index contributed by atoms with van der Waals surface area (Å²) >= 11 is 3.37. The Morgan fingerprint density at radius 1 is 1.50 bits per heavy atom. The van der Waals surface area contributed by atoms with Gasteiger partial charge in [0.05, 0.1) is 6.54 Å². The molecule has 0 saturated heterocycles. The number of benzene rings is 1. The van der Waals surface area contributed by atoms with E-state index in [1.54, 1.807) is 6.07 Å². The van der Waals surface area contributed by atoms with Crippen LogP contribution in [-0.2, 0) is 0 Å². The molecule has 1 amide bonds. The summed E-state index contributed by atoms with van der Waals surface area (Å²) in [5, 5.41) is 3.60. The lowest BCUT2D eigenvalue weighted by Gasteiger charge is -1.96. The lowest BCUT2D eigenvalue weighted by Crippen LogP contribution is -2.23. The zero-order valence-electron chi connectivity index (χ0n) is 8.38. The van der Waals surface area contributed by atoms with Crippen LogP contribution in [0.1, 0.15) is 10.5 Å². The van der Waals surface area contributed by atoms with Gasteiger partial charge in [-0.15, -0.1) is 6.42 Å². The Kier molecular flexibility index (Phi) is 2.97. The second kappa shape index (κ2) is 4.42. The molecular formula is C12H9BrN2O. The molecule has 80 valence electrons. The number of hydrogen-bond donors (Lipinski definition) is 2. The minimum absolute atomic E-state index is 0.190. The Hall–Kier alpha value is -1.73. The molecule has 0 bridgehead atoms. The maximum atomic E-state index is 11.6. The van der Waals surface area contributed by atoms with Gasteiger partial charge in [0.25, 0.3) is 5.91 Å². The van der Waals surface area contributed by atoms with Crippen LogP contribution in [0, 0.1) is 12.3 Å². The highest BCUT2D eigenvalue weighted by molar-refractivity contribution is 9.10. The van der Waals surface area contributed by atoms with Crippen molar-refractivity contribution in [3.63, 3.8) is 0 Å². The highest BCUT2D eigenvalue weighted by Gasteiger charge is 2.08. The summed E-state index contributed by atoms with van der Waals surface area (Å²) in [6.07, 6.45) is 5.07. The molecule has 16 heavy (non-hydrogen) atoms. The minimum Gasteiger partial charge on any atom is -0.350 e. The summed E-state index contributed by atoms with van der Waals surface area (Å²) in [6.45, 7) is 0.234. The van der Waals surface area contributed by atoms with Gasteiger partial charge in [0.15, 0.2) is 0 Å². The Labute approximate surface area is 101 Å². The van der Waals surface area contributed by atoms with E-state index in [9.17, 15) is 4.79 Å². The van der Waals surface area contributed by atoms with Crippen LogP contribution in [0.25, 0.3) is 10.9 Å². The number of carbonyl (C=O) groups is 1. The summed E-state index contributed by atoms with van der Waals surface area (Å²) in [7, 11) is 0. The SMILES string of the molecule is C#CCNC(=O)c1cc2ccc(Br)cc2[nH]1. The number of nitrogens with one attached hydrogen (secondary N) is 2. The summed E-state index contributed by atoms with van der Waals surface area (Å²) in [5.41, 5.74) is 1.43. The van der Waals surface area contributed by atoms with Crippen LogP contribution in [-0.4, -0.2) is 17.4 Å². The highest BCUT2D eigenvalue weighted by Crippen LogP contribution is 2.20. The van der Waals surface area contributed by atoms with Gasteiger partial charge in [0.2, 0.25) is 0 Å². The number of rotatable bonds is 2. The molecule has 0 spiro atoms. The third kappa shape index (κ3) is 2.10. The van der Waals surface area contributed by atoms with Crippen molar-refractivity contribution in [2.24, 2.45) is 0 Å². The lowest BCUT2D eigenvalue weighted by molar-refractivity contribution is 0.0954. The highest BCUT2D eigenvalue weighted by atomic mass is 79.9. The van der Waals surface area contributed by atoms with E-state index >= 15 is 0 Å². The van der Waals surface area contributed by atoms with Crippen LogP contribution in [0.2, 0.25) is 0 Å². The Morgan fingerprint density at radius 2 is 2.31 bits per heavy atom. The number of hydrogen-bond acceptors (Lipinski definition) is 1. The molecular weight excluding hydrogens is 268 g/mol. The zero-order valence-corrected chi connectivity index (χ0v) is 9.97. The number of terminal acetylenes is 1. The predicted molar refractivity (Wildman–Crippen MR) is 67.2 cm³/mol. The molecule has 1 aromatic heterocycles. The smallest absolute Gasteiger partial charge is 0.268 e. The minimum atomic E-state index is -0.190. The largest absolute Gasteiger partial charge is 0.350 e. The van der Waals surface area contributed by atoms with Crippen LogP contribution in [0.15, 0.2) is 28.7 Å². The lowest BCUT2D eigenvalue weighted by atomic mass is 10.2. The number of aromatic amines is 1. The van der Waals surface area contributed by atoms with Crippen molar-refractivity contribution in [1.82, 2.24) is 10.3 Å². The first-order chi connectivity index (χ1) is 7.70. The predicted octanol–water partition coefficient (Wildman–Crippen LogP) is 2.29. The molecule has 1 aromatic carbocycles. The van der Waals surface area contributed by atoms with Gasteiger partial charge in [-0.3, -0.25) is 4.79 Å². The van der Waals surface area contributed by atoms with Gasteiger partial charge < -0.3 is 10.3 Å². The molecule has 0 saturated carbocycles. The molecule has 2 aromatic rings. The molecule has 0 aliphatic rings. The first-order valence-corrected chi connectivity index (χ1v) is 5.50. The molecule has 4 heteroatoms. The molecule has 3 nitrogen and oxygen atoms in total. The van der Waals surface area contributed by atoms with Crippen LogP contribution in [0.4, 0.5) is 0 Å². The monoisotopic (exact) mass is 276 g/mol. The normalized spacial score (nSPS) is 10.0. The van der Waals surface area contributed by atoms with Crippen molar-refractivity contribution in [1.29, 1.82) is 0 Å². The van der Waals surface area contributed by atoms with Crippen molar-refractivity contribution < 1.29 is 4.79 Å². The Balaban J connectivity index is 2.33. The Morgan fingerprint density at radius 3 is 3.06 bits per heavy atom. The number of carbonyl (C=O) groups excluding carboxylic acids is 1. The van der Waals surface area contributed by atoms with E-state index in [0.29, 0.717) is 5.69 Å². The van der Waals surface area contributed by atoms with Crippen LogP contribution in [0.5, 0.6) is 0 Å². The van der Waals surface area contributed by atoms with E-state index in [1.165, 1.54) is 0 Å². The first kappa shape index (κ1) is 10.8. The second-order valence-corrected chi connectivity index (χ2v) is 4.22. The summed E-state index contributed by atoms with van der Waals surface area (Å²) in [6, 6.07) is 7.59. The van der Waals surface area contributed by atoms with Gasteiger partial charge in [-0.2, -0.15) is 0 Å². The molecule has 0 fully saturated rings. The molecule has 2 N–H and O–H groups in total. The fraction of sp³-hybridized carbons (Fsp3) is 0.0833. The van der Waals surface area contributed by atoms with Gasteiger partial charge >= 0.3 is 0 Å². The van der Waals surface area contributed by atoms with Crippen molar-refractivity contribution in [2.75, 3.05) is 6.54 Å². The van der Waals surface area contributed by atoms with Crippen molar-refractivity contribution in [3.8, 4) is 12.3 Å². The molecule has 0 aliphatic heterocycles. The van der Waals surface area contributed by atoms with Crippen LogP contribution in [0.3, 0.4) is 0 Å². The standard InChI is InChI=1S/C12H9BrN2O/c1-2-5-14-12(16)11-6-8-3-4-9(13)7-10(8)15-11/h1,3-4,6-7,15H,5H2,(H,14,16). The number of fused-ring (bicyclic) bond motifs is 1. The van der Waals surface area contributed by atoms with Gasteiger partial charge in [0, 0.05) is 15.4 Å². The molecule has 0 unspecified atom stereocenters. The van der Waals surface area contributed by atoms with E-state index in [-0.39, 0.29) is 12.5 Å². The van der Waals surface area contributed by atoms with Crippen molar-refractivity contribution in [3.05, 3.63) is 34.4 Å². The quantitative estimate of drug-likeness (QED) is 0.813. The van der Waals surface area contributed by atoms with Crippen LogP contribution < -0.4 is 5.32 Å². The average molecular weight is 277 g/mol. The maximum Gasteiger partial charge on any atom is 0.268 e. The molecule has 1 heterocycles. The van der Waals surface area contributed by atoms with E-state index in [1.807, 2.05) is 18.2 Å². The van der Waals surface area contributed by atoms with Gasteiger partial charge in [-0.05, 0) is 18.2 Å². The van der Waals surface area contributed by atoms with Crippen LogP contribution >= 0.6 is 15.9 Å². The summed E-state index contributed by atoms with van der Waals surface area (Å²) in [5.74, 6) is 2.17. The third-order valence-electron chi connectivity index (χ3n) is 2.18. The number of amides is 1. The van der Waals surface area contributed by atoms with E-state index in [0.717, 1.165) is 15.4 Å². The second-order valence-electron chi connectivity index (χ2n) is 3.30. The number of aromatic nitrogens is 1. The zero-order chi connectivity index (χ0) is 11.5. The maximum absolute atomic E-state index is 11.6. The van der Waals surface area contributed by atoms with Gasteiger partial charge in [-0.1, -0.05) is 27.9 Å². The molecule has 2 rings (SSSR count). The fourth-order valence-electron chi connectivity index (χ4n) is 1.45. The van der Waals surface area contributed by atoms with E-state index in [4.69, 9.17) is 6.42 Å². The summed E-state index contributed by atoms with van der Waals surface area (Å²) < 4.78 is 0.970. The average Bonchev–Trinajstić information content (AvgIpc) is 2.68. The van der Waals surface area contributed by atoms with Crippen molar-refractivity contribution >= 4 is 32.7 Å². The Bertz CT molecular complexity index is 580. The molecule has 0 atom stereocenters. The summed E-state index contributed by atoms with van der Waals surface area (Å²) in [4.78, 5) is 14.6. The number of halogens is 1. The van der Waals surface area contributed by atoms with Gasteiger partial charge in [0.1, 0.15) is 5.69 Å². The van der Waals surface area contributed by atoms with E-state index in [2.05, 4.69) is 32.2 Å². The first-order valence-electron chi connectivity index (χ1n) is 4.70. The number of H-pyrrole nitrogens is 1. The van der Waals surface area contributed by atoms with Crippen molar-refractivity contribution in [2.45, 2.75) is 0 Å². The topological polar surface area (TPSA) is 44.9 Å². The fourth-order valence-corrected chi connectivity index (χ4v) is 1.81. The third-order valence-corrected chi connectivity index (χ3v) is 2.67. The molecule has 0 aliphatic carbocycles. The van der Waals surface area contributed by atoms with Gasteiger partial charge in [-0.25, -0.2) is 0 Å². The molecule has 0 radical (unpaired) electrons. The van der Waals surface area contributed by atoms with E-state index < -0.39 is 0 Å².